The van der Waals surface area contributed by atoms with Gasteiger partial charge in [-0.3, -0.25) is 4.79 Å². The summed E-state index contributed by atoms with van der Waals surface area (Å²) in [7, 11) is 3.50. The van der Waals surface area contributed by atoms with Gasteiger partial charge in [0.15, 0.2) is 0 Å². The minimum absolute atomic E-state index is 0.0442. The van der Waals surface area contributed by atoms with Crippen LogP contribution < -0.4 is 10.6 Å². The van der Waals surface area contributed by atoms with Crippen LogP contribution in [0.1, 0.15) is 44.6 Å². The van der Waals surface area contributed by atoms with Crippen molar-refractivity contribution in [2.24, 2.45) is 0 Å². The third-order valence-corrected chi connectivity index (χ3v) is 4.60. The molecule has 1 aromatic carbocycles. The van der Waals surface area contributed by atoms with Crippen LogP contribution in [0.15, 0.2) is 35.9 Å². The SMILES string of the molecule is C[C@@H](NC(=O)Nc1ccccc1CCC(=O)N(C)C)C1=CCCCC1. The number of aryl methyl sites for hydroxylation is 1. The van der Waals surface area contributed by atoms with E-state index in [1.165, 1.54) is 18.4 Å². The molecule has 0 saturated carbocycles. The maximum Gasteiger partial charge on any atom is 0.319 e. The van der Waals surface area contributed by atoms with Crippen molar-refractivity contribution >= 4 is 17.6 Å². The van der Waals surface area contributed by atoms with Gasteiger partial charge in [0.25, 0.3) is 0 Å². The van der Waals surface area contributed by atoms with Crippen LogP contribution in [0, 0.1) is 0 Å². The van der Waals surface area contributed by atoms with E-state index in [4.69, 9.17) is 0 Å². The number of hydrogen-bond donors (Lipinski definition) is 2. The number of para-hydroxylation sites is 1. The van der Waals surface area contributed by atoms with E-state index in [-0.39, 0.29) is 18.0 Å². The first-order chi connectivity index (χ1) is 12.0. The first-order valence-corrected chi connectivity index (χ1v) is 9.02. The molecule has 0 spiro atoms. The number of amides is 3. The predicted octanol–water partition coefficient (Wildman–Crippen LogP) is 3.72. The van der Waals surface area contributed by atoms with Crippen LogP contribution in [0.2, 0.25) is 0 Å². The highest BCUT2D eigenvalue weighted by molar-refractivity contribution is 5.90. The monoisotopic (exact) mass is 343 g/mol. The zero-order valence-corrected chi connectivity index (χ0v) is 15.5. The van der Waals surface area contributed by atoms with Gasteiger partial charge in [-0.2, -0.15) is 0 Å². The lowest BCUT2D eigenvalue weighted by atomic mass is 9.95. The summed E-state index contributed by atoms with van der Waals surface area (Å²) in [4.78, 5) is 25.7. The molecule has 2 rings (SSSR count). The highest BCUT2D eigenvalue weighted by Crippen LogP contribution is 2.21. The fourth-order valence-electron chi connectivity index (χ4n) is 3.03. The van der Waals surface area contributed by atoms with E-state index < -0.39 is 0 Å². The molecule has 0 radical (unpaired) electrons. The Balaban J connectivity index is 1.93. The number of benzene rings is 1. The smallest absolute Gasteiger partial charge is 0.319 e. The average molecular weight is 343 g/mol. The number of carbonyl (C=O) groups is 2. The van der Waals surface area contributed by atoms with Crippen molar-refractivity contribution < 1.29 is 9.59 Å². The van der Waals surface area contributed by atoms with Gasteiger partial charge in [-0.05, 0) is 50.7 Å². The van der Waals surface area contributed by atoms with Crippen molar-refractivity contribution in [3.05, 3.63) is 41.5 Å². The Labute approximate surface area is 150 Å². The van der Waals surface area contributed by atoms with Gasteiger partial charge in [0.1, 0.15) is 0 Å². The molecule has 0 fully saturated rings. The number of allylic oxidation sites excluding steroid dienone is 1. The number of urea groups is 1. The molecule has 1 aliphatic carbocycles. The Morgan fingerprint density at radius 3 is 2.64 bits per heavy atom. The molecule has 0 bridgehead atoms. The third-order valence-electron chi connectivity index (χ3n) is 4.60. The van der Waals surface area contributed by atoms with E-state index in [2.05, 4.69) is 16.7 Å². The lowest BCUT2D eigenvalue weighted by molar-refractivity contribution is -0.128. The molecule has 0 heterocycles. The van der Waals surface area contributed by atoms with Crippen LogP contribution in [0.25, 0.3) is 0 Å². The third kappa shape index (κ3) is 5.93. The van der Waals surface area contributed by atoms with Crippen molar-refractivity contribution in [2.45, 2.75) is 51.5 Å². The van der Waals surface area contributed by atoms with E-state index >= 15 is 0 Å². The van der Waals surface area contributed by atoms with Gasteiger partial charge < -0.3 is 15.5 Å². The molecule has 0 unspecified atom stereocenters. The average Bonchev–Trinajstić information content (AvgIpc) is 2.61. The Kier molecular flexibility index (Phi) is 7.04. The zero-order chi connectivity index (χ0) is 18.2. The molecule has 0 aliphatic heterocycles. The topological polar surface area (TPSA) is 61.4 Å². The van der Waals surface area contributed by atoms with Crippen LogP contribution in [0.5, 0.6) is 0 Å². The second-order valence-electron chi connectivity index (χ2n) is 6.79. The first kappa shape index (κ1) is 19.0. The first-order valence-electron chi connectivity index (χ1n) is 9.02. The molecule has 0 aromatic heterocycles. The summed E-state index contributed by atoms with van der Waals surface area (Å²) in [6.07, 6.45) is 7.88. The number of nitrogens with zero attached hydrogens (tertiary/aromatic N) is 1. The Bertz CT molecular complexity index is 638. The van der Waals surface area contributed by atoms with Crippen molar-refractivity contribution in [3.63, 3.8) is 0 Å². The number of carbonyl (C=O) groups excluding carboxylic acids is 2. The predicted molar refractivity (Wildman–Crippen MR) is 102 cm³/mol. The fraction of sp³-hybridized carbons (Fsp3) is 0.500. The standard InChI is InChI=1S/C20H29N3O2/c1-15(16-9-5-4-6-10-16)21-20(25)22-18-12-8-7-11-17(18)13-14-19(24)23(2)3/h7-9,11-12,15H,4-6,10,13-14H2,1-3H3,(H2,21,22,25)/t15-/m1/s1. The summed E-state index contributed by atoms with van der Waals surface area (Å²) in [5, 5.41) is 5.95. The summed E-state index contributed by atoms with van der Waals surface area (Å²) in [6, 6.07) is 7.48. The molecule has 5 nitrogen and oxygen atoms in total. The van der Waals surface area contributed by atoms with Gasteiger partial charge in [0.05, 0.1) is 0 Å². The second-order valence-corrected chi connectivity index (χ2v) is 6.79. The van der Waals surface area contributed by atoms with Gasteiger partial charge >= 0.3 is 6.03 Å². The van der Waals surface area contributed by atoms with Crippen LogP contribution in [-0.4, -0.2) is 37.0 Å². The van der Waals surface area contributed by atoms with E-state index in [0.717, 1.165) is 24.1 Å². The summed E-state index contributed by atoms with van der Waals surface area (Å²) in [5.41, 5.74) is 3.04. The van der Waals surface area contributed by atoms with E-state index in [9.17, 15) is 9.59 Å². The van der Waals surface area contributed by atoms with Gasteiger partial charge in [0, 0.05) is 32.2 Å². The molecule has 25 heavy (non-hydrogen) atoms. The quantitative estimate of drug-likeness (QED) is 0.773. The van der Waals surface area contributed by atoms with Crippen molar-refractivity contribution in [3.8, 4) is 0 Å². The number of nitrogens with one attached hydrogen (secondary N) is 2. The number of hydrogen-bond acceptors (Lipinski definition) is 2. The number of anilines is 1. The molecule has 3 amide bonds. The van der Waals surface area contributed by atoms with E-state index in [1.807, 2.05) is 31.2 Å². The van der Waals surface area contributed by atoms with Crippen molar-refractivity contribution in [1.82, 2.24) is 10.2 Å². The van der Waals surface area contributed by atoms with E-state index in [1.54, 1.807) is 19.0 Å². The zero-order valence-electron chi connectivity index (χ0n) is 15.5. The van der Waals surface area contributed by atoms with Gasteiger partial charge in [-0.1, -0.05) is 29.8 Å². The minimum atomic E-state index is -0.203. The molecule has 1 aliphatic rings. The minimum Gasteiger partial charge on any atom is -0.349 e. The summed E-state index contributed by atoms with van der Waals surface area (Å²) < 4.78 is 0. The lowest BCUT2D eigenvalue weighted by Crippen LogP contribution is -2.37. The molecule has 1 atom stereocenters. The van der Waals surface area contributed by atoms with Crippen molar-refractivity contribution in [2.75, 3.05) is 19.4 Å². The van der Waals surface area contributed by atoms with Crippen molar-refractivity contribution in [1.29, 1.82) is 0 Å². The van der Waals surface area contributed by atoms with Gasteiger partial charge in [-0.25, -0.2) is 4.79 Å². The Hall–Kier alpha value is -2.30. The normalized spacial score (nSPS) is 15.1. The van der Waals surface area contributed by atoms with Gasteiger partial charge in [-0.15, -0.1) is 0 Å². The summed E-state index contributed by atoms with van der Waals surface area (Å²) in [6.45, 7) is 2.03. The van der Waals surface area contributed by atoms with Crippen LogP contribution >= 0.6 is 0 Å². The van der Waals surface area contributed by atoms with Crippen LogP contribution in [0.4, 0.5) is 10.5 Å². The molecular weight excluding hydrogens is 314 g/mol. The highest BCUT2D eigenvalue weighted by atomic mass is 16.2. The highest BCUT2D eigenvalue weighted by Gasteiger charge is 2.15. The molecule has 1 aromatic rings. The molecule has 0 saturated heterocycles. The summed E-state index contributed by atoms with van der Waals surface area (Å²) in [5.74, 6) is 0.0807. The maximum atomic E-state index is 12.3. The molecule has 5 heteroatoms. The Morgan fingerprint density at radius 2 is 1.96 bits per heavy atom. The van der Waals surface area contributed by atoms with E-state index in [0.29, 0.717) is 12.8 Å². The Morgan fingerprint density at radius 1 is 1.20 bits per heavy atom. The second kappa shape index (κ2) is 9.25. The molecular formula is C20H29N3O2. The maximum absolute atomic E-state index is 12.3. The fourth-order valence-corrected chi connectivity index (χ4v) is 3.03. The van der Waals surface area contributed by atoms with Crippen LogP contribution in [0.3, 0.4) is 0 Å². The van der Waals surface area contributed by atoms with Crippen LogP contribution in [-0.2, 0) is 11.2 Å². The largest absolute Gasteiger partial charge is 0.349 e. The molecule has 2 N–H and O–H groups in total. The molecule has 136 valence electrons. The number of rotatable bonds is 6. The van der Waals surface area contributed by atoms with Gasteiger partial charge in [0.2, 0.25) is 5.91 Å². The lowest BCUT2D eigenvalue weighted by Gasteiger charge is -2.21. The summed E-state index contributed by atoms with van der Waals surface area (Å²) >= 11 is 0.